The SMILES string of the molecule is c1ccc([Si](c2ccccc2)(c2cccc(-c3ccc4c(c3)nc3n4-c4ccccc4CO3)c2)c2cccc(-c3ccc4oc5ccccc5c4c3)c2)cc1. The standard InChI is InChI=1S/C50H34N2O2Si/c1-3-16-39(17-4-1)55(40-18-5-2-6-19-40,41-20-11-14-34(29-41)36-26-28-49-44(31-36)43-22-8-10-24-48(43)54-49)42-21-12-15-35(30-42)37-25-27-47-45(32-37)51-50-52(47)46-23-9-7-13-38(46)33-53-50/h1-32H,33H2. The van der Waals surface area contributed by atoms with Crippen molar-refractivity contribution >= 4 is 61.8 Å². The Labute approximate surface area is 319 Å². The molecule has 0 bridgehead atoms. The second kappa shape index (κ2) is 12.6. The van der Waals surface area contributed by atoms with E-state index in [1.165, 1.54) is 31.9 Å². The molecule has 11 rings (SSSR count). The Balaban J connectivity index is 1.10. The molecule has 260 valence electrons. The molecular formula is C50H34N2O2Si. The summed E-state index contributed by atoms with van der Waals surface area (Å²) in [5, 5.41) is 7.57. The monoisotopic (exact) mass is 722 g/mol. The van der Waals surface area contributed by atoms with E-state index in [1.807, 2.05) is 12.1 Å². The van der Waals surface area contributed by atoms with E-state index in [4.69, 9.17) is 14.1 Å². The highest BCUT2D eigenvalue weighted by Gasteiger charge is 2.41. The fraction of sp³-hybridized carbons (Fsp3) is 0.0200. The second-order valence-corrected chi connectivity index (χ2v) is 18.1. The van der Waals surface area contributed by atoms with Crippen LogP contribution in [0.3, 0.4) is 0 Å². The molecule has 0 fully saturated rings. The zero-order chi connectivity index (χ0) is 36.3. The summed E-state index contributed by atoms with van der Waals surface area (Å²) in [7, 11) is -2.87. The predicted molar refractivity (Wildman–Crippen MR) is 227 cm³/mol. The number of nitrogens with zero attached hydrogens (tertiary/aromatic N) is 2. The molecule has 0 saturated carbocycles. The predicted octanol–water partition coefficient (Wildman–Crippen LogP) is 9.53. The fourth-order valence-electron chi connectivity index (χ4n) is 8.71. The van der Waals surface area contributed by atoms with E-state index in [0.29, 0.717) is 12.6 Å². The largest absolute Gasteiger partial charge is 0.459 e. The molecule has 0 N–H and O–H groups in total. The molecule has 1 aliphatic heterocycles. The van der Waals surface area contributed by atoms with Crippen LogP contribution in [0.2, 0.25) is 0 Å². The van der Waals surface area contributed by atoms with Gasteiger partial charge in [0, 0.05) is 16.3 Å². The summed E-state index contributed by atoms with van der Waals surface area (Å²) in [5.74, 6) is 0. The Morgan fingerprint density at radius 3 is 1.78 bits per heavy atom. The third-order valence-electron chi connectivity index (χ3n) is 11.3. The van der Waals surface area contributed by atoms with E-state index in [-0.39, 0.29) is 0 Å². The van der Waals surface area contributed by atoms with Crippen molar-refractivity contribution in [1.29, 1.82) is 0 Å². The van der Waals surface area contributed by atoms with Gasteiger partial charge < -0.3 is 9.15 Å². The number of para-hydroxylation sites is 2. The van der Waals surface area contributed by atoms with Gasteiger partial charge in [-0.05, 0) is 79.4 Å². The van der Waals surface area contributed by atoms with E-state index in [1.54, 1.807) is 0 Å². The molecule has 1 aliphatic rings. The molecule has 10 aromatic rings. The summed E-state index contributed by atoms with van der Waals surface area (Å²) in [5.41, 5.74) is 10.7. The number of hydrogen-bond donors (Lipinski definition) is 0. The first-order chi connectivity index (χ1) is 27.2. The summed E-state index contributed by atoms with van der Waals surface area (Å²) in [6.45, 7) is 0.524. The molecule has 2 aromatic heterocycles. The molecule has 8 aromatic carbocycles. The Kier molecular flexibility index (Phi) is 7.22. The average Bonchev–Trinajstić information content (AvgIpc) is 3.83. The molecule has 0 unspecified atom stereocenters. The van der Waals surface area contributed by atoms with Crippen molar-refractivity contribution in [2.24, 2.45) is 0 Å². The molecular weight excluding hydrogens is 689 g/mol. The Hall–Kier alpha value is -6.95. The summed E-state index contributed by atoms with van der Waals surface area (Å²) in [6, 6.07) is 71.2. The first-order valence-electron chi connectivity index (χ1n) is 18.7. The molecule has 0 amide bonds. The molecule has 3 heterocycles. The minimum Gasteiger partial charge on any atom is -0.459 e. The van der Waals surface area contributed by atoms with E-state index < -0.39 is 8.07 Å². The minimum absolute atomic E-state index is 0.524. The molecule has 0 aliphatic carbocycles. The van der Waals surface area contributed by atoms with Crippen LogP contribution in [0.5, 0.6) is 6.01 Å². The molecule has 0 atom stereocenters. The van der Waals surface area contributed by atoms with Crippen LogP contribution >= 0.6 is 0 Å². The van der Waals surface area contributed by atoms with Gasteiger partial charge in [-0.15, -0.1) is 0 Å². The number of hydrogen-bond acceptors (Lipinski definition) is 3. The molecule has 55 heavy (non-hydrogen) atoms. The topological polar surface area (TPSA) is 40.2 Å². The van der Waals surface area contributed by atoms with Gasteiger partial charge in [-0.2, -0.15) is 4.98 Å². The maximum Gasteiger partial charge on any atom is 0.302 e. The first-order valence-corrected chi connectivity index (χ1v) is 20.7. The van der Waals surface area contributed by atoms with Gasteiger partial charge in [0.2, 0.25) is 0 Å². The lowest BCUT2D eigenvalue weighted by molar-refractivity contribution is 0.265. The number of benzene rings is 8. The highest BCUT2D eigenvalue weighted by atomic mass is 28.3. The van der Waals surface area contributed by atoms with Crippen LogP contribution in [-0.4, -0.2) is 17.6 Å². The van der Waals surface area contributed by atoms with Crippen LogP contribution in [0, 0.1) is 0 Å². The molecule has 0 spiro atoms. The lowest BCUT2D eigenvalue weighted by Crippen LogP contribution is -2.74. The number of fused-ring (bicyclic) bond motifs is 8. The van der Waals surface area contributed by atoms with Crippen LogP contribution in [0.15, 0.2) is 199 Å². The van der Waals surface area contributed by atoms with Crippen molar-refractivity contribution in [3.05, 3.63) is 200 Å². The van der Waals surface area contributed by atoms with Gasteiger partial charge in [0.25, 0.3) is 0 Å². The van der Waals surface area contributed by atoms with Gasteiger partial charge in [0.15, 0.2) is 8.07 Å². The highest BCUT2D eigenvalue weighted by molar-refractivity contribution is 7.20. The maximum atomic E-state index is 6.20. The van der Waals surface area contributed by atoms with Gasteiger partial charge in [-0.3, -0.25) is 4.57 Å². The van der Waals surface area contributed by atoms with Crippen LogP contribution in [0.4, 0.5) is 0 Å². The zero-order valence-electron chi connectivity index (χ0n) is 29.9. The van der Waals surface area contributed by atoms with E-state index in [2.05, 4.69) is 187 Å². The van der Waals surface area contributed by atoms with Crippen LogP contribution < -0.4 is 25.5 Å². The third kappa shape index (κ3) is 5.01. The second-order valence-electron chi connectivity index (χ2n) is 14.3. The van der Waals surface area contributed by atoms with E-state index in [0.717, 1.165) is 55.3 Å². The molecule has 0 saturated heterocycles. The normalized spacial score (nSPS) is 12.4. The van der Waals surface area contributed by atoms with Crippen LogP contribution in [-0.2, 0) is 6.61 Å². The lowest BCUT2D eigenvalue weighted by atomic mass is 10.0. The van der Waals surface area contributed by atoms with Crippen molar-refractivity contribution in [1.82, 2.24) is 9.55 Å². The summed E-state index contributed by atoms with van der Waals surface area (Å²) >= 11 is 0. The molecule has 0 radical (unpaired) electrons. The van der Waals surface area contributed by atoms with Crippen molar-refractivity contribution in [2.75, 3.05) is 0 Å². The molecule has 4 nitrogen and oxygen atoms in total. The van der Waals surface area contributed by atoms with Gasteiger partial charge in [-0.1, -0.05) is 158 Å². The minimum atomic E-state index is -2.87. The lowest BCUT2D eigenvalue weighted by Gasteiger charge is -2.35. The Morgan fingerprint density at radius 2 is 1.04 bits per heavy atom. The first kappa shape index (κ1) is 31.6. The highest BCUT2D eigenvalue weighted by Crippen LogP contribution is 2.35. The van der Waals surface area contributed by atoms with Crippen molar-refractivity contribution in [3.8, 4) is 34.0 Å². The van der Waals surface area contributed by atoms with Crippen molar-refractivity contribution < 1.29 is 9.15 Å². The maximum absolute atomic E-state index is 6.20. The van der Waals surface area contributed by atoms with Crippen LogP contribution in [0.1, 0.15) is 5.56 Å². The zero-order valence-corrected chi connectivity index (χ0v) is 30.9. The Morgan fingerprint density at radius 1 is 0.455 bits per heavy atom. The van der Waals surface area contributed by atoms with E-state index >= 15 is 0 Å². The smallest absolute Gasteiger partial charge is 0.302 e. The molecule has 5 heteroatoms. The van der Waals surface area contributed by atoms with Gasteiger partial charge >= 0.3 is 6.01 Å². The summed E-state index contributed by atoms with van der Waals surface area (Å²) in [6.07, 6.45) is 0. The number of imidazole rings is 1. The van der Waals surface area contributed by atoms with Gasteiger partial charge in [0.05, 0.1) is 16.7 Å². The van der Waals surface area contributed by atoms with Crippen molar-refractivity contribution in [3.63, 3.8) is 0 Å². The quantitative estimate of drug-likeness (QED) is 0.127. The number of ether oxygens (including phenoxy) is 1. The van der Waals surface area contributed by atoms with Crippen molar-refractivity contribution in [2.45, 2.75) is 6.61 Å². The van der Waals surface area contributed by atoms with Crippen LogP contribution in [0.25, 0.3) is 60.9 Å². The van der Waals surface area contributed by atoms with Gasteiger partial charge in [-0.25, -0.2) is 0 Å². The number of furan rings is 1. The number of aromatic nitrogens is 2. The van der Waals surface area contributed by atoms with E-state index in [9.17, 15) is 0 Å². The summed E-state index contributed by atoms with van der Waals surface area (Å²) in [4.78, 5) is 4.97. The number of rotatable bonds is 6. The Bertz CT molecular complexity index is 3020. The summed E-state index contributed by atoms with van der Waals surface area (Å²) < 4.78 is 14.5. The fourth-order valence-corrected chi connectivity index (χ4v) is 13.5. The third-order valence-corrected chi connectivity index (χ3v) is 16.0. The average molecular weight is 723 g/mol. The van der Waals surface area contributed by atoms with Gasteiger partial charge in [0.1, 0.15) is 17.8 Å².